The van der Waals surface area contributed by atoms with Gasteiger partial charge in [-0.25, -0.2) is 12.8 Å². The van der Waals surface area contributed by atoms with Gasteiger partial charge in [-0.1, -0.05) is 62.4 Å². The normalized spacial score (nSPS) is 10.7. The number of rotatable bonds is 3. The Kier molecular flexibility index (Phi) is 6.10. The van der Waals surface area contributed by atoms with Crippen LogP contribution in [0.15, 0.2) is 77.7 Å². The van der Waals surface area contributed by atoms with E-state index < -0.39 is 9.84 Å². The van der Waals surface area contributed by atoms with Gasteiger partial charge in [0.15, 0.2) is 9.84 Å². The summed E-state index contributed by atoms with van der Waals surface area (Å²) in [6.45, 7) is 4.00. The molecule has 4 heteroatoms. The van der Waals surface area contributed by atoms with Crippen molar-refractivity contribution < 1.29 is 12.8 Å². The quantitative estimate of drug-likeness (QED) is 0.613. The van der Waals surface area contributed by atoms with Crippen molar-refractivity contribution in [2.45, 2.75) is 18.7 Å². The molecule has 0 saturated carbocycles. The molecule has 0 aromatic heterocycles. The van der Waals surface area contributed by atoms with Crippen molar-refractivity contribution in [2.24, 2.45) is 0 Å². The predicted octanol–water partition coefficient (Wildman–Crippen LogP) is 5.59. The third kappa shape index (κ3) is 4.54. The third-order valence-corrected chi connectivity index (χ3v) is 4.80. The van der Waals surface area contributed by atoms with E-state index in [9.17, 15) is 12.8 Å². The van der Waals surface area contributed by atoms with Crippen molar-refractivity contribution >= 4 is 9.84 Å². The highest BCUT2D eigenvalue weighted by molar-refractivity contribution is 7.90. The van der Waals surface area contributed by atoms with Crippen LogP contribution in [0.25, 0.3) is 22.3 Å². The van der Waals surface area contributed by atoms with Crippen LogP contribution in [0.3, 0.4) is 0 Å². The molecule has 0 amide bonds. The first-order valence-electron chi connectivity index (χ1n) is 8.10. The van der Waals surface area contributed by atoms with E-state index >= 15 is 0 Å². The first-order chi connectivity index (χ1) is 11.9. The summed E-state index contributed by atoms with van der Waals surface area (Å²) in [5, 5.41) is 0. The number of hydrogen-bond acceptors (Lipinski definition) is 2. The molecule has 0 spiro atoms. The van der Waals surface area contributed by atoms with Gasteiger partial charge in [0.05, 0.1) is 4.90 Å². The molecule has 0 aliphatic carbocycles. The van der Waals surface area contributed by atoms with Crippen molar-refractivity contribution in [3.8, 4) is 22.3 Å². The highest BCUT2D eigenvalue weighted by atomic mass is 32.2. The predicted molar refractivity (Wildman–Crippen MR) is 102 cm³/mol. The van der Waals surface area contributed by atoms with Crippen LogP contribution in [-0.2, 0) is 9.84 Å². The van der Waals surface area contributed by atoms with Crippen LogP contribution in [0, 0.1) is 5.82 Å². The third-order valence-electron chi connectivity index (χ3n) is 3.68. The molecule has 0 N–H and O–H groups in total. The Labute approximate surface area is 148 Å². The summed E-state index contributed by atoms with van der Waals surface area (Å²) in [6.07, 6.45) is 1.19. The Morgan fingerprint density at radius 3 is 1.48 bits per heavy atom. The second kappa shape index (κ2) is 8.08. The highest BCUT2D eigenvalue weighted by Gasteiger charge is 2.10. The summed E-state index contributed by atoms with van der Waals surface area (Å²) >= 11 is 0. The molecule has 0 saturated heterocycles. The molecule has 2 nitrogen and oxygen atoms in total. The van der Waals surface area contributed by atoms with Gasteiger partial charge in [0.1, 0.15) is 5.82 Å². The highest BCUT2D eigenvalue weighted by Crippen LogP contribution is 2.32. The molecule has 0 aliphatic heterocycles. The summed E-state index contributed by atoms with van der Waals surface area (Å²) in [5.41, 5.74) is 3.77. The van der Waals surface area contributed by atoms with Crippen LogP contribution in [0.2, 0.25) is 0 Å². The van der Waals surface area contributed by atoms with Gasteiger partial charge >= 0.3 is 0 Å². The van der Waals surface area contributed by atoms with Crippen molar-refractivity contribution in [1.29, 1.82) is 0 Å². The van der Waals surface area contributed by atoms with E-state index in [4.69, 9.17) is 0 Å². The minimum Gasteiger partial charge on any atom is -0.224 e. The largest absolute Gasteiger partial charge is 0.224 e. The van der Waals surface area contributed by atoms with Gasteiger partial charge in [0, 0.05) is 6.26 Å². The van der Waals surface area contributed by atoms with E-state index in [-0.39, 0.29) is 5.82 Å². The standard InChI is InChI=1S/C19H15FO2S.C2H6/c1-23(21,22)17-12-8-15(9-13-17)19-5-3-2-4-18(19)14-6-10-16(20)11-7-14;1-2/h2-13H,1H3;1-2H3. The average molecular weight is 356 g/mol. The Morgan fingerprint density at radius 2 is 1.08 bits per heavy atom. The summed E-state index contributed by atoms with van der Waals surface area (Å²) < 4.78 is 36.3. The monoisotopic (exact) mass is 356 g/mol. The molecule has 0 unspecified atom stereocenters. The molecule has 25 heavy (non-hydrogen) atoms. The Hall–Kier alpha value is -2.46. The maximum Gasteiger partial charge on any atom is 0.175 e. The molecular formula is C21H21FO2S. The zero-order valence-corrected chi connectivity index (χ0v) is 15.3. The van der Waals surface area contributed by atoms with E-state index in [0.29, 0.717) is 4.90 Å². The van der Waals surface area contributed by atoms with Crippen molar-refractivity contribution in [3.05, 3.63) is 78.6 Å². The lowest BCUT2D eigenvalue weighted by molar-refractivity contribution is 0.602. The van der Waals surface area contributed by atoms with Crippen molar-refractivity contribution in [2.75, 3.05) is 6.26 Å². The van der Waals surface area contributed by atoms with Gasteiger partial charge in [-0.2, -0.15) is 0 Å². The molecule has 130 valence electrons. The lowest BCUT2D eigenvalue weighted by Gasteiger charge is -2.10. The summed E-state index contributed by atoms with van der Waals surface area (Å²) in [6, 6.07) is 20.9. The average Bonchev–Trinajstić information content (AvgIpc) is 2.63. The summed E-state index contributed by atoms with van der Waals surface area (Å²) in [7, 11) is -3.21. The molecule has 0 atom stereocenters. The topological polar surface area (TPSA) is 34.1 Å². The lowest BCUT2D eigenvalue weighted by Crippen LogP contribution is -1.96. The second-order valence-corrected chi connectivity index (χ2v) is 7.36. The van der Waals surface area contributed by atoms with Gasteiger partial charge < -0.3 is 0 Å². The smallest absolute Gasteiger partial charge is 0.175 e. The molecule has 3 aromatic carbocycles. The van der Waals surface area contributed by atoms with Gasteiger partial charge in [0.25, 0.3) is 0 Å². The van der Waals surface area contributed by atoms with Crippen LogP contribution in [0.1, 0.15) is 13.8 Å². The van der Waals surface area contributed by atoms with Crippen LogP contribution >= 0.6 is 0 Å². The summed E-state index contributed by atoms with van der Waals surface area (Å²) in [4.78, 5) is 0.292. The van der Waals surface area contributed by atoms with Crippen LogP contribution < -0.4 is 0 Å². The fraction of sp³-hybridized carbons (Fsp3) is 0.143. The fourth-order valence-corrected chi connectivity index (χ4v) is 3.13. The second-order valence-electron chi connectivity index (χ2n) is 5.35. The zero-order chi connectivity index (χ0) is 18.4. The number of hydrogen-bond donors (Lipinski definition) is 0. The zero-order valence-electron chi connectivity index (χ0n) is 14.5. The molecule has 0 fully saturated rings. The van der Waals surface area contributed by atoms with Gasteiger partial charge in [-0.3, -0.25) is 0 Å². The van der Waals surface area contributed by atoms with Crippen LogP contribution in [-0.4, -0.2) is 14.7 Å². The van der Waals surface area contributed by atoms with E-state index in [1.54, 1.807) is 36.4 Å². The van der Waals surface area contributed by atoms with Gasteiger partial charge in [-0.15, -0.1) is 0 Å². The Morgan fingerprint density at radius 1 is 0.680 bits per heavy atom. The van der Waals surface area contributed by atoms with Crippen LogP contribution in [0.5, 0.6) is 0 Å². The maximum atomic E-state index is 13.1. The molecule has 3 rings (SSSR count). The fourth-order valence-electron chi connectivity index (χ4n) is 2.50. The lowest BCUT2D eigenvalue weighted by atomic mass is 9.95. The van der Waals surface area contributed by atoms with Gasteiger partial charge in [0.2, 0.25) is 0 Å². The molecule has 0 aliphatic rings. The maximum absolute atomic E-state index is 13.1. The number of benzene rings is 3. The molecule has 3 aromatic rings. The van der Waals surface area contributed by atoms with Gasteiger partial charge in [-0.05, 0) is 46.5 Å². The molecule has 0 radical (unpaired) electrons. The van der Waals surface area contributed by atoms with Crippen molar-refractivity contribution in [1.82, 2.24) is 0 Å². The first-order valence-corrected chi connectivity index (χ1v) is 10.00. The molecular weight excluding hydrogens is 335 g/mol. The van der Waals surface area contributed by atoms with E-state index in [1.165, 1.54) is 18.4 Å². The minimum absolute atomic E-state index is 0.274. The first kappa shape index (κ1) is 18.9. The molecule has 0 bridgehead atoms. The Bertz CT molecular complexity index is 928. The Balaban J connectivity index is 0.00000109. The minimum atomic E-state index is -3.21. The SMILES string of the molecule is CC.CS(=O)(=O)c1ccc(-c2ccccc2-c2ccc(F)cc2)cc1. The van der Waals surface area contributed by atoms with E-state index in [1.807, 2.05) is 38.1 Å². The molecule has 0 heterocycles. The van der Waals surface area contributed by atoms with Crippen LogP contribution in [0.4, 0.5) is 4.39 Å². The number of halogens is 1. The number of sulfone groups is 1. The van der Waals surface area contributed by atoms with Crippen molar-refractivity contribution in [3.63, 3.8) is 0 Å². The summed E-state index contributed by atoms with van der Waals surface area (Å²) in [5.74, 6) is -0.274. The van der Waals surface area contributed by atoms with E-state index in [0.717, 1.165) is 22.3 Å². The van der Waals surface area contributed by atoms with E-state index in [2.05, 4.69) is 0 Å².